The monoisotopic (exact) mass is 213 g/mol. The van der Waals surface area contributed by atoms with Crippen LogP contribution in [0.25, 0.3) is 11.3 Å². The number of pyridine rings is 1. The molecule has 0 radical (unpaired) electrons. The van der Waals surface area contributed by atoms with Crippen LogP contribution in [0.5, 0.6) is 0 Å². The molecule has 2 aromatic rings. The van der Waals surface area contributed by atoms with Crippen LogP contribution in [-0.4, -0.2) is 22.2 Å². The predicted molar refractivity (Wildman–Crippen MR) is 64.2 cm³/mol. The fourth-order valence-corrected chi connectivity index (χ4v) is 1.58. The highest BCUT2D eigenvalue weighted by Gasteiger charge is 2.17. The molecule has 0 fully saturated rings. The number of aromatic nitrogens is 1. The van der Waals surface area contributed by atoms with Crippen molar-refractivity contribution < 1.29 is 10.0 Å². The topological polar surface area (TPSA) is 53.4 Å². The van der Waals surface area contributed by atoms with Gasteiger partial charge in [0.05, 0.1) is 5.69 Å². The molecule has 0 aliphatic carbocycles. The smallest absolute Gasteiger partial charge is 0.423 e. The third-order valence-electron chi connectivity index (χ3n) is 2.44. The summed E-state index contributed by atoms with van der Waals surface area (Å²) in [4.78, 5) is 4.18. The molecule has 0 aliphatic heterocycles. The van der Waals surface area contributed by atoms with Crippen molar-refractivity contribution in [3.8, 4) is 11.3 Å². The molecule has 0 bridgehead atoms. The van der Waals surface area contributed by atoms with Gasteiger partial charge >= 0.3 is 7.12 Å². The molecule has 0 saturated heterocycles. The highest BCUT2D eigenvalue weighted by Crippen LogP contribution is 2.15. The van der Waals surface area contributed by atoms with Crippen molar-refractivity contribution >= 4 is 12.6 Å². The van der Waals surface area contributed by atoms with Gasteiger partial charge in [0.15, 0.2) is 0 Å². The molecule has 0 atom stereocenters. The Bertz CT molecular complexity index is 483. The van der Waals surface area contributed by atoms with Gasteiger partial charge in [-0.3, -0.25) is 4.98 Å². The summed E-state index contributed by atoms with van der Waals surface area (Å²) in [5, 5.41) is 18.5. The first-order chi connectivity index (χ1) is 7.68. The molecule has 1 aromatic carbocycles. The van der Waals surface area contributed by atoms with Gasteiger partial charge in [-0.05, 0) is 18.6 Å². The molecule has 80 valence electrons. The van der Waals surface area contributed by atoms with E-state index >= 15 is 0 Å². The molecule has 1 aromatic heterocycles. The molecule has 0 amide bonds. The molecule has 0 saturated carbocycles. The first-order valence-electron chi connectivity index (χ1n) is 5.06. The fraction of sp³-hybridized carbons (Fsp3) is 0.0833. The van der Waals surface area contributed by atoms with Gasteiger partial charge in [0.2, 0.25) is 0 Å². The predicted octanol–water partition coefficient (Wildman–Crippen LogP) is 0.737. The molecule has 0 aliphatic rings. The van der Waals surface area contributed by atoms with Gasteiger partial charge in [0.25, 0.3) is 0 Å². The van der Waals surface area contributed by atoms with Crippen LogP contribution in [0.2, 0.25) is 0 Å². The normalized spacial score (nSPS) is 10.2. The largest absolute Gasteiger partial charge is 0.490 e. The van der Waals surface area contributed by atoms with Crippen molar-refractivity contribution in [3.63, 3.8) is 0 Å². The number of aryl methyl sites for hydroxylation is 1. The summed E-state index contributed by atoms with van der Waals surface area (Å²) >= 11 is 0. The molecule has 0 spiro atoms. The van der Waals surface area contributed by atoms with Crippen molar-refractivity contribution in [2.45, 2.75) is 6.92 Å². The molecule has 2 N–H and O–H groups in total. The molecule has 4 heteroatoms. The lowest BCUT2D eigenvalue weighted by Gasteiger charge is -2.07. The second-order valence-electron chi connectivity index (χ2n) is 3.68. The molecule has 3 nitrogen and oxygen atoms in total. The van der Waals surface area contributed by atoms with Crippen LogP contribution in [0, 0.1) is 6.92 Å². The van der Waals surface area contributed by atoms with Crippen LogP contribution in [0.4, 0.5) is 0 Å². The van der Waals surface area contributed by atoms with Gasteiger partial charge in [0, 0.05) is 11.7 Å². The maximum absolute atomic E-state index is 9.24. The minimum atomic E-state index is -1.50. The van der Waals surface area contributed by atoms with Crippen molar-refractivity contribution in [3.05, 3.63) is 48.2 Å². The number of nitrogens with zero attached hydrogens (tertiary/aromatic N) is 1. The van der Waals surface area contributed by atoms with Crippen molar-refractivity contribution in [2.75, 3.05) is 0 Å². The molecule has 0 unspecified atom stereocenters. The summed E-state index contributed by atoms with van der Waals surface area (Å²) in [6.07, 6.45) is 1.64. The summed E-state index contributed by atoms with van der Waals surface area (Å²) < 4.78 is 0. The van der Waals surface area contributed by atoms with E-state index in [-0.39, 0.29) is 0 Å². The van der Waals surface area contributed by atoms with E-state index in [0.717, 1.165) is 11.1 Å². The van der Waals surface area contributed by atoms with Gasteiger partial charge in [-0.2, -0.15) is 0 Å². The minimum absolute atomic E-state index is 0.423. The minimum Gasteiger partial charge on any atom is -0.423 e. The first kappa shape index (κ1) is 10.9. The fourth-order valence-electron chi connectivity index (χ4n) is 1.58. The third-order valence-corrected chi connectivity index (χ3v) is 2.44. The Hall–Kier alpha value is -1.65. The second kappa shape index (κ2) is 4.47. The highest BCUT2D eigenvalue weighted by molar-refractivity contribution is 6.60. The van der Waals surface area contributed by atoms with E-state index in [1.165, 1.54) is 0 Å². The van der Waals surface area contributed by atoms with E-state index < -0.39 is 7.12 Å². The van der Waals surface area contributed by atoms with Crippen LogP contribution in [0.15, 0.2) is 42.6 Å². The zero-order valence-electron chi connectivity index (χ0n) is 8.96. The third kappa shape index (κ3) is 2.13. The van der Waals surface area contributed by atoms with Gasteiger partial charge in [-0.1, -0.05) is 35.9 Å². The summed E-state index contributed by atoms with van der Waals surface area (Å²) in [5.74, 6) is 0. The Labute approximate surface area is 94.6 Å². The number of hydrogen-bond acceptors (Lipinski definition) is 3. The van der Waals surface area contributed by atoms with Crippen LogP contribution >= 0.6 is 0 Å². The van der Waals surface area contributed by atoms with E-state index in [0.29, 0.717) is 11.2 Å². The van der Waals surface area contributed by atoms with Gasteiger partial charge in [-0.25, -0.2) is 0 Å². The lowest BCUT2D eigenvalue weighted by atomic mass is 9.77. The van der Waals surface area contributed by atoms with Gasteiger partial charge in [-0.15, -0.1) is 0 Å². The molecule has 1 heterocycles. The van der Waals surface area contributed by atoms with E-state index in [1.54, 1.807) is 18.3 Å². The lowest BCUT2D eigenvalue weighted by molar-refractivity contribution is 0.426. The highest BCUT2D eigenvalue weighted by atomic mass is 16.4. The second-order valence-corrected chi connectivity index (χ2v) is 3.68. The van der Waals surface area contributed by atoms with Crippen LogP contribution < -0.4 is 5.46 Å². The molecule has 2 rings (SSSR count). The van der Waals surface area contributed by atoms with E-state index in [9.17, 15) is 10.0 Å². The number of benzene rings is 1. The van der Waals surface area contributed by atoms with Crippen molar-refractivity contribution in [1.82, 2.24) is 4.98 Å². The number of rotatable bonds is 2. The molecular formula is C12H12BNO2. The average molecular weight is 213 g/mol. The standard InChI is InChI=1S/C12H12BNO2/c1-9-4-6-10(7-5-9)12-11(13(15)16)3-2-8-14-12/h2-8,15-16H,1H3. The average Bonchev–Trinajstić information content (AvgIpc) is 2.30. The summed E-state index contributed by atoms with van der Waals surface area (Å²) in [6.45, 7) is 2.00. The Morgan fingerprint density at radius 2 is 1.75 bits per heavy atom. The Kier molecular flexibility index (Phi) is 3.03. The van der Waals surface area contributed by atoms with E-state index in [4.69, 9.17) is 0 Å². The quantitative estimate of drug-likeness (QED) is 0.723. The van der Waals surface area contributed by atoms with E-state index in [1.807, 2.05) is 31.2 Å². The summed E-state index contributed by atoms with van der Waals surface area (Å²) in [6, 6.07) is 11.1. The molecule has 16 heavy (non-hydrogen) atoms. The maximum Gasteiger partial charge on any atom is 0.490 e. The SMILES string of the molecule is Cc1ccc(-c2ncccc2B(O)O)cc1. The van der Waals surface area contributed by atoms with Crippen LogP contribution in [0.1, 0.15) is 5.56 Å². The maximum atomic E-state index is 9.24. The zero-order valence-corrected chi connectivity index (χ0v) is 8.96. The first-order valence-corrected chi connectivity index (χ1v) is 5.06. The van der Waals surface area contributed by atoms with Gasteiger partial charge < -0.3 is 10.0 Å². The van der Waals surface area contributed by atoms with Gasteiger partial charge in [0.1, 0.15) is 0 Å². The summed E-state index contributed by atoms with van der Waals surface area (Å²) in [7, 11) is -1.50. The Morgan fingerprint density at radius 1 is 1.06 bits per heavy atom. The Morgan fingerprint density at radius 3 is 2.38 bits per heavy atom. The summed E-state index contributed by atoms with van der Waals surface area (Å²) in [5.41, 5.74) is 3.07. The zero-order chi connectivity index (χ0) is 11.5. The van der Waals surface area contributed by atoms with Crippen LogP contribution in [-0.2, 0) is 0 Å². The number of hydrogen-bond donors (Lipinski definition) is 2. The van der Waals surface area contributed by atoms with Crippen LogP contribution in [0.3, 0.4) is 0 Å². The Balaban J connectivity index is 2.51. The lowest BCUT2D eigenvalue weighted by Crippen LogP contribution is -2.32. The van der Waals surface area contributed by atoms with E-state index in [2.05, 4.69) is 4.98 Å². The molecular weight excluding hydrogens is 201 g/mol. The van der Waals surface area contributed by atoms with Crippen molar-refractivity contribution in [2.24, 2.45) is 0 Å². The van der Waals surface area contributed by atoms with Crippen molar-refractivity contribution in [1.29, 1.82) is 0 Å².